The van der Waals surface area contributed by atoms with Crippen LogP contribution in [0.4, 0.5) is 0 Å². The van der Waals surface area contributed by atoms with E-state index in [1.54, 1.807) is 0 Å². The first kappa shape index (κ1) is 11.5. The summed E-state index contributed by atoms with van der Waals surface area (Å²) in [6.07, 6.45) is 2.26. The zero-order valence-corrected chi connectivity index (χ0v) is 9.02. The fourth-order valence-electron chi connectivity index (χ4n) is 0.918. The summed E-state index contributed by atoms with van der Waals surface area (Å²) in [5.41, 5.74) is 0. The number of hydrogen-bond donors (Lipinski definition) is 1. The average Bonchev–Trinajstić information content (AvgIpc) is 2.03. The van der Waals surface area contributed by atoms with Gasteiger partial charge in [-0.25, -0.2) is 0 Å². The Balaban J connectivity index is 3.84. The molecule has 0 aliphatic heterocycles. The molecule has 0 bridgehead atoms. The van der Waals surface area contributed by atoms with E-state index < -0.39 is 0 Å². The highest BCUT2D eigenvalue weighted by Crippen LogP contribution is 1.96. The second-order valence-corrected chi connectivity index (χ2v) is 3.43. The standard InChI is InChI=1S/C10H22N2/c1-6-8(3)11-10(5)12-9(4)7-2/h8-9H,6-7H2,1-5H3,(H,11,12)/t8-,9+. The molecule has 0 unspecified atom stereocenters. The molecule has 1 N–H and O–H groups in total. The van der Waals surface area contributed by atoms with Gasteiger partial charge < -0.3 is 5.32 Å². The van der Waals surface area contributed by atoms with Crippen molar-refractivity contribution in [2.75, 3.05) is 0 Å². The van der Waals surface area contributed by atoms with Crippen molar-refractivity contribution in [1.29, 1.82) is 0 Å². The van der Waals surface area contributed by atoms with Crippen LogP contribution < -0.4 is 5.32 Å². The second-order valence-electron chi connectivity index (χ2n) is 3.43. The first-order valence-corrected chi connectivity index (χ1v) is 4.91. The van der Waals surface area contributed by atoms with E-state index in [1.165, 1.54) is 0 Å². The molecular formula is C10H22N2. The van der Waals surface area contributed by atoms with Crippen LogP contribution in [0.2, 0.25) is 0 Å². The van der Waals surface area contributed by atoms with Gasteiger partial charge in [0.25, 0.3) is 0 Å². The molecule has 0 aromatic rings. The monoisotopic (exact) mass is 170 g/mol. The zero-order valence-electron chi connectivity index (χ0n) is 9.02. The van der Waals surface area contributed by atoms with Crippen LogP contribution in [-0.2, 0) is 0 Å². The molecule has 0 aromatic heterocycles. The van der Waals surface area contributed by atoms with Crippen LogP contribution in [0, 0.1) is 0 Å². The smallest absolute Gasteiger partial charge is 0.0936 e. The number of nitrogens with one attached hydrogen (secondary N) is 1. The lowest BCUT2D eigenvalue weighted by Gasteiger charge is -2.13. The Hall–Kier alpha value is -0.530. The molecule has 2 atom stereocenters. The lowest BCUT2D eigenvalue weighted by molar-refractivity contribution is 0.629. The van der Waals surface area contributed by atoms with Crippen LogP contribution in [0.3, 0.4) is 0 Å². The van der Waals surface area contributed by atoms with E-state index in [0.717, 1.165) is 18.7 Å². The topological polar surface area (TPSA) is 24.4 Å². The van der Waals surface area contributed by atoms with Crippen molar-refractivity contribution in [3.63, 3.8) is 0 Å². The lowest BCUT2D eigenvalue weighted by atomic mass is 10.2. The summed E-state index contributed by atoms with van der Waals surface area (Å²) in [4.78, 5) is 4.49. The van der Waals surface area contributed by atoms with Crippen LogP contribution in [0.5, 0.6) is 0 Å². The van der Waals surface area contributed by atoms with Crippen molar-refractivity contribution in [1.82, 2.24) is 5.32 Å². The molecule has 0 radical (unpaired) electrons. The molecule has 0 amide bonds. The normalized spacial score (nSPS) is 17.2. The van der Waals surface area contributed by atoms with Gasteiger partial charge in [0.2, 0.25) is 0 Å². The summed E-state index contributed by atoms with van der Waals surface area (Å²) in [5, 5.41) is 3.34. The maximum absolute atomic E-state index is 4.49. The minimum atomic E-state index is 0.446. The minimum absolute atomic E-state index is 0.446. The van der Waals surface area contributed by atoms with E-state index in [2.05, 4.69) is 38.0 Å². The number of amidine groups is 1. The highest BCUT2D eigenvalue weighted by atomic mass is 15.0. The van der Waals surface area contributed by atoms with Gasteiger partial charge in [-0.1, -0.05) is 13.8 Å². The maximum atomic E-state index is 4.49. The Morgan fingerprint density at radius 1 is 1.25 bits per heavy atom. The van der Waals surface area contributed by atoms with Crippen molar-refractivity contribution in [3.8, 4) is 0 Å². The van der Waals surface area contributed by atoms with Gasteiger partial charge in [-0.2, -0.15) is 0 Å². The van der Waals surface area contributed by atoms with Gasteiger partial charge in [-0.15, -0.1) is 0 Å². The molecule has 0 aromatic carbocycles. The quantitative estimate of drug-likeness (QED) is 0.509. The van der Waals surface area contributed by atoms with Crippen molar-refractivity contribution >= 4 is 5.84 Å². The molecule has 12 heavy (non-hydrogen) atoms. The third-order valence-corrected chi connectivity index (χ3v) is 2.07. The second kappa shape index (κ2) is 6.04. The largest absolute Gasteiger partial charge is 0.372 e. The van der Waals surface area contributed by atoms with Gasteiger partial charge in [0.15, 0.2) is 0 Å². The van der Waals surface area contributed by atoms with Gasteiger partial charge in [-0.3, -0.25) is 4.99 Å². The summed E-state index contributed by atoms with van der Waals surface area (Å²) in [5.74, 6) is 1.07. The summed E-state index contributed by atoms with van der Waals surface area (Å²) in [7, 11) is 0. The summed E-state index contributed by atoms with van der Waals surface area (Å²) >= 11 is 0. The van der Waals surface area contributed by atoms with Crippen LogP contribution in [-0.4, -0.2) is 17.9 Å². The Morgan fingerprint density at radius 3 is 2.25 bits per heavy atom. The average molecular weight is 170 g/mol. The first-order chi connectivity index (χ1) is 5.60. The Morgan fingerprint density at radius 2 is 1.83 bits per heavy atom. The van der Waals surface area contributed by atoms with Crippen molar-refractivity contribution < 1.29 is 0 Å². The fourth-order valence-corrected chi connectivity index (χ4v) is 0.918. The Bertz CT molecular complexity index is 141. The molecule has 2 heteroatoms. The van der Waals surface area contributed by atoms with Gasteiger partial charge in [-0.05, 0) is 33.6 Å². The van der Waals surface area contributed by atoms with Gasteiger partial charge >= 0.3 is 0 Å². The number of aliphatic imine (C=N–C) groups is 1. The molecule has 0 saturated carbocycles. The number of rotatable bonds is 4. The molecule has 0 saturated heterocycles. The van der Waals surface area contributed by atoms with E-state index in [0.29, 0.717) is 12.1 Å². The molecule has 0 aliphatic rings. The SMILES string of the molecule is CC[C@@H](C)N=C(C)N[C@@H](C)CC. The third kappa shape index (κ3) is 5.16. The molecule has 72 valence electrons. The molecule has 0 rings (SSSR count). The van der Waals surface area contributed by atoms with E-state index in [-0.39, 0.29) is 0 Å². The molecule has 0 spiro atoms. The van der Waals surface area contributed by atoms with Crippen molar-refractivity contribution in [2.45, 2.75) is 59.5 Å². The molecule has 0 aliphatic carbocycles. The molecule has 2 nitrogen and oxygen atoms in total. The zero-order chi connectivity index (χ0) is 9.56. The predicted octanol–water partition coefficient (Wildman–Crippen LogP) is 2.59. The highest BCUT2D eigenvalue weighted by Gasteiger charge is 1.99. The Labute approximate surface area is 76.5 Å². The van der Waals surface area contributed by atoms with Gasteiger partial charge in [0.1, 0.15) is 0 Å². The van der Waals surface area contributed by atoms with E-state index in [4.69, 9.17) is 0 Å². The number of nitrogens with zero attached hydrogens (tertiary/aromatic N) is 1. The van der Waals surface area contributed by atoms with Crippen molar-refractivity contribution in [3.05, 3.63) is 0 Å². The third-order valence-electron chi connectivity index (χ3n) is 2.07. The van der Waals surface area contributed by atoms with E-state index >= 15 is 0 Å². The number of hydrogen-bond acceptors (Lipinski definition) is 1. The van der Waals surface area contributed by atoms with E-state index in [9.17, 15) is 0 Å². The first-order valence-electron chi connectivity index (χ1n) is 4.91. The summed E-state index contributed by atoms with van der Waals surface area (Å²) in [6, 6.07) is 0.986. The maximum Gasteiger partial charge on any atom is 0.0936 e. The van der Waals surface area contributed by atoms with Gasteiger partial charge in [0, 0.05) is 12.1 Å². The predicted molar refractivity (Wildman–Crippen MR) is 55.8 cm³/mol. The molecule has 0 fully saturated rings. The fraction of sp³-hybridized carbons (Fsp3) is 0.900. The lowest BCUT2D eigenvalue weighted by Crippen LogP contribution is -2.30. The minimum Gasteiger partial charge on any atom is -0.372 e. The van der Waals surface area contributed by atoms with E-state index in [1.807, 2.05) is 6.92 Å². The van der Waals surface area contributed by atoms with Crippen LogP contribution in [0.1, 0.15) is 47.5 Å². The van der Waals surface area contributed by atoms with Crippen LogP contribution in [0.15, 0.2) is 4.99 Å². The van der Waals surface area contributed by atoms with Crippen molar-refractivity contribution in [2.24, 2.45) is 4.99 Å². The van der Waals surface area contributed by atoms with Gasteiger partial charge in [0.05, 0.1) is 5.84 Å². The summed E-state index contributed by atoms with van der Waals surface area (Å²) in [6.45, 7) is 10.7. The van der Waals surface area contributed by atoms with Crippen LogP contribution >= 0.6 is 0 Å². The Kier molecular flexibility index (Phi) is 5.77. The van der Waals surface area contributed by atoms with Crippen LogP contribution in [0.25, 0.3) is 0 Å². The molecule has 0 heterocycles. The molecular weight excluding hydrogens is 148 g/mol. The highest BCUT2D eigenvalue weighted by molar-refractivity contribution is 5.79. The summed E-state index contributed by atoms with van der Waals surface area (Å²) < 4.78 is 0.